The second kappa shape index (κ2) is 8.42. The van der Waals surface area contributed by atoms with Gasteiger partial charge < -0.3 is 24.1 Å². The molecular weight excluding hydrogens is 392 g/mol. The molecule has 1 aliphatic heterocycles. The minimum absolute atomic E-state index is 0.208. The second-order valence-corrected chi connectivity index (χ2v) is 7.88. The van der Waals surface area contributed by atoms with Gasteiger partial charge in [-0.3, -0.25) is 0 Å². The maximum absolute atomic E-state index is 9.77. The first kappa shape index (κ1) is 20.9. The number of hydrogen-bond donors (Lipinski definition) is 1. The largest absolute Gasteiger partial charge is 0.508 e. The Bertz CT molecular complexity index is 1090. The Hall–Kier alpha value is -3.34. The van der Waals surface area contributed by atoms with Crippen molar-refractivity contribution in [3.05, 3.63) is 65.2 Å². The number of fused-ring (bicyclic) bond motifs is 3. The molecule has 0 aliphatic carbocycles. The van der Waals surface area contributed by atoms with Crippen LogP contribution in [0.3, 0.4) is 0 Å². The quantitative estimate of drug-likeness (QED) is 0.562. The number of aromatic hydroxyl groups is 1. The van der Waals surface area contributed by atoms with Crippen LogP contribution in [0.2, 0.25) is 0 Å². The molecule has 0 fully saturated rings. The predicted octanol–water partition coefficient (Wildman–Crippen LogP) is 5.98. The molecule has 5 nitrogen and oxygen atoms in total. The van der Waals surface area contributed by atoms with E-state index < -0.39 is 6.10 Å². The highest BCUT2D eigenvalue weighted by Crippen LogP contribution is 2.50. The molecule has 3 aromatic rings. The summed E-state index contributed by atoms with van der Waals surface area (Å²) in [4.78, 5) is 0. The van der Waals surface area contributed by atoms with Gasteiger partial charge in [0.25, 0.3) is 0 Å². The van der Waals surface area contributed by atoms with Crippen molar-refractivity contribution in [1.82, 2.24) is 0 Å². The third kappa shape index (κ3) is 3.88. The van der Waals surface area contributed by atoms with E-state index in [0.717, 1.165) is 27.8 Å². The highest BCUT2D eigenvalue weighted by Gasteiger charge is 2.33. The highest BCUT2D eigenvalue weighted by molar-refractivity contribution is 5.82. The Kier molecular flexibility index (Phi) is 5.68. The molecule has 1 heterocycles. The van der Waals surface area contributed by atoms with Crippen molar-refractivity contribution in [3.8, 4) is 39.9 Å². The molecule has 162 valence electrons. The third-order valence-corrected chi connectivity index (χ3v) is 5.60. The highest BCUT2D eigenvalue weighted by atomic mass is 16.6. The molecule has 0 amide bonds. The van der Waals surface area contributed by atoms with Crippen molar-refractivity contribution >= 4 is 0 Å². The van der Waals surface area contributed by atoms with Gasteiger partial charge in [-0.1, -0.05) is 19.1 Å². The maximum atomic E-state index is 9.77. The van der Waals surface area contributed by atoms with Crippen LogP contribution < -0.4 is 18.9 Å². The van der Waals surface area contributed by atoms with Crippen LogP contribution in [0.25, 0.3) is 11.1 Å². The van der Waals surface area contributed by atoms with Gasteiger partial charge >= 0.3 is 0 Å². The Morgan fingerprint density at radius 1 is 0.806 bits per heavy atom. The lowest BCUT2D eigenvalue weighted by Crippen LogP contribution is -2.30. The standard InChI is InChI=1S/C26H28O5/c1-6-21-24(17-7-9-18(27)10-8-17)31-26-20(12-16(3)14-23(26)29-5)19-11-15(2)13-22(28-4)25(19)30-21/h7-14,21,24,27H,6H2,1-5H3. The zero-order valence-electron chi connectivity index (χ0n) is 18.6. The van der Waals surface area contributed by atoms with Crippen molar-refractivity contribution in [1.29, 1.82) is 0 Å². The van der Waals surface area contributed by atoms with Crippen LogP contribution in [0.1, 0.15) is 36.1 Å². The fraction of sp³-hybridized carbons (Fsp3) is 0.308. The summed E-state index contributed by atoms with van der Waals surface area (Å²) in [5.41, 5.74) is 4.84. The fourth-order valence-electron chi connectivity index (χ4n) is 4.09. The van der Waals surface area contributed by atoms with Gasteiger partial charge in [-0.15, -0.1) is 0 Å². The Labute approximate surface area is 183 Å². The van der Waals surface area contributed by atoms with E-state index in [1.807, 2.05) is 38.1 Å². The molecule has 3 aromatic carbocycles. The molecular formula is C26H28O5. The van der Waals surface area contributed by atoms with Gasteiger partial charge in [0.1, 0.15) is 11.9 Å². The third-order valence-electron chi connectivity index (χ3n) is 5.60. The lowest BCUT2D eigenvalue weighted by atomic mass is 9.95. The molecule has 31 heavy (non-hydrogen) atoms. The summed E-state index contributed by atoms with van der Waals surface area (Å²) in [6.45, 7) is 6.13. The first-order valence-corrected chi connectivity index (χ1v) is 10.4. The van der Waals surface area contributed by atoms with Gasteiger partial charge in [-0.25, -0.2) is 0 Å². The van der Waals surface area contributed by atoms with Gasteiger partial charge in [0, 0.05) is 11.1 Å². The van der Waals surface area contributed by atoms with E-state index in [4.69, 9.17) is 18.9 Å². The first-order valence-electron chi connectivity index (χ1n) is 10.4. The van der Waals surface area contributed by atoms with Crippen LogP contribution in [0.4, 0.5) is 0 Å². The van der Waals surface area contributed by atoms with Crippen LogP contribution in [0.15, 0.2) is 48.5 Å². The van der Waals surface area contributed by atoms with E-state index in [-0.39, 0.29) is 11.9 Å². The normalized spacial score (nSPS) is 17.3. The molecule has 2 unspecified atom stereocenters. The zero-order chi connectivity index (χ0) is 22.1. The van der Waals surface area contributed by atoms with Crippen molar-refractivity contribution in [3.63, 3.8) is 0 Å². The predicted molar refractivity (Wildman–Crippen MR) is 121 cm³/mol. The van der Waals surface area contributed by atoms with Gasteiger partial charge in [-0.05, 0) is 73.4 Å². The molecule has 1 N–H and O–H groups in total. The lowest BCUT2D eigenvalue weighted by Gasteiger charge is -2.33. The first-order chi connectivity index (χ1) is 14.9. The van der Waals surface area contributed by atoms with E-state index in [9.17, 15) is 5.11 Å². The van der Waals surface area contributed by atoms with Crippen LogP contribution >= 0.6 is 0 Å². The molecule has 0 aromatic heterocycles. The zero-order valence-corrected chi connectivity index (χ0v) is 18.6. The molecule has 4 rings (SSSR count). The van der Waals surface area contributed by atoms with Gasteiger partial charge in [0.05, 0.1) is 14.2 Å². The lowest BCUT2D eigenvalue weighted by molar-refractivity contribution is 0.0454. The monoisotopic (exact) mass is 420 g/mol. The number of aryl methyl sites for hydroxylation is 2. The topological polar surface area (TPSA) is 57.2 Å². The fourth-order valence-corrected chi connectivity index (χ4v) is 4.09. The molecule has 1 aliphatic rings. The summed E-state index contributed by atoms with van der Waals surface area (Å²) in [5, 5.41) is 9.77. The molecule has 0 radical (unpaired) electrons. The average Bonchev–Trinajstić information content (AvgIpc) is 2.76. The number of benzene rings is 3. The molecule has 0 spiro atoms. The number of phenolic OH excluding ortho intramolecular Hbond substituents is 1. The molecule has 0 saturated heterocycles. The minimum Gasteiger partial charge on any atom is -0.508 e. The van der Waals surface area contributed by atoms with Crippen molar-refractivity contribution in [2.24, 2.45) is 0 Å². The Morgan fingerprint density at radius 3 is 1.81 bits per heavy atom. The van der Waals surface area contributed by atoms with E-state index in [1.54, 1.807) is 26.4 Å². The summed E-state index contributed by atoms with van der Waals surface area (Å²) in [6.07, 6.45) is 0.0325. The number of methoxy groups -OCH3 is 2. The van der Waals surface area contributed by atoms with E-state index in [2.05, 4.69) is 19.1 Å². The molecule has 0 saturated carbocycles. The van der Waals surface area contributed by atoms with E-state index in [1.165, 1.54) is 0 Å². The minimum atomic E-state index is -0.403. The van der Waals surface area contributed by atoms with Crippen molar-refractivity contribution in [2.45, 2.75) is 39.4 Å². The second-order valence-electron chi connectivity index (χ2n) is 7.88. The Balaban J connectivity index is 2.00. The summed E-state index contributed by atoms with van der Waals surface area (Å²) >= 11 is 0. The molecule has 5 heteroatoms. The number of rotatable bonds is 4. The number of ether oxygens (including phenoxy) is 4. The summed E-state index contributed by atoms with van der Waals surface area (Å²) in [7, 11) is 3.31. The van der Waals surface area contributed by atoms with Crippen LogP contribution in [-0.4, -0.2) is 25.4 Å². The number of hydrogen-bond acceptors (Lipinski definition) is 5. The van der Waals surface area contributed by atoms with Gasteiger partial charge in [-0.2, -0.15) is 0 Å². The van der Waals surface area contributed by atoms with Gasteiger partial charge in [0.2, 0.25) is 0 Å². The summed E-state index contributed by atoms with van der Waals surface area (Å²) in [5.74, 6) is 2.93. The summed E-state index contributed by atoms with van der Waals surface area (Å²) < 4.78 is 24.7. The van der Waals surface area contributed by atoms with E-state index in [0.29, 0.717) is 29.4 Å². The van der Waals surface area contributed by atoms with Crippen LogP contribution in [0.5, 0.6) is 28.7 Å². The smallest absolute Gasteiger partial charge is 0.170 e. The van der Waals surface area contributed by atoms with Gasteiger partial charge in [0.15, 0.2) is 29.1 Å². The molecule has 2 atom stereocenters. The maximum Gasteiger partial charge on any atom is 0.170 e. The van der Waals surface area contributed by atoms with Crippen molar-refractivity contribution < 1.29 is 24.1 Å². The average molecular weight is 421 g/mol. The molecule has 0 bridgehead atoms. The summed E-state index contributed by atoms with van der Waals surface area (Å²) in [6, 6.07) is 15.2. The van der Waals surface area contributed by atoms with E-state index >= 15 is 0 Å². The Morgan fingerprint density at radius 2 is 1.32 bits per heavy atom. The van der Waals surface area contributed by atoms with Crippen LogP contribution in [-0.2, 0) is 0 Å². The number of phenols is 1. The van der Waals surface area contributed by atoms with Crippen LogP contribution in [0, 0.1) is 13.8 Å². The van der Waals surface area contributed by atoms with Crippen molar-refractivity contribution in [2.75, 3.05) is 14.2 Å². The SMILES string of the molecule is CCC1Oc2c(OC)cc(C)cc2-c2cc(C)cc(OC)c2OC1c1ccc(O)cc1.